The summed E-state index contributed by atoms with van der Waals surface area (Å²) in [6.07, 6.45) is 1.95. The van der Waals surface area contributed by atoms with Crippen LogP contribution in [0.3, 0.4) is 0 Å². The molecule has 92 valence electrons. The Bertz CT molecular complexity index is 192. The predicted octanol–water partition coefficient (Wildman–Crippen LogP) is 3.69. The van der Waals surface area contributed by atoms with E-state index in [1.54, 1.807) is 23.5 Å². The molecule has 0 fully saturated rings. The van der Waals surface area contributed by atoms with E-state index in [4.69, 9.17) is 9.05 Å². The first-order valence-corrected chi connectivity index (χ1v) is 9.19. The maximum Gasteiger partial charge on any atom is 0.344 e. The van der Waals surface area contributed by atoms with Crippen molar-refractivity contribution in [3.8, 4) is 0 Å². The van der Waals surface area contributed by atoms with Crippen LogP contribution in [0, 0.1) is 0 Å². The van der Waals surface area contributed by atoms with E-state index >= 15 is 0 Å². The fraction of sp³-hybridized carbons (Fsp3) is 1.00. The lowest BCUT2D eigenvalue weighted by Gasteiger charge is -2.24. The molecule has 0 aromatic heterocycles. The Kier molecular flexibility index (Phi) is 9.45. The van der Waals surface area contributed by atoms with E-state index in [9.17, 15) is 4.57 Å². The van der Waals surface area contributed by atoms with Gasteiger partial charge in [0.2, 0.25) is 0 Å². The van der Waals surface area contributed by atoms with Crippen molar-refractivity contribution in [1.29, 1.82) is 0 Å². The molecule has 0 aliphatic heterocycles. The molecule has 1 unspecified atom stereocenters. The maximum atomic E-state index is 12.4. The average Bonchev–Trinajstić information content (AvgIpc) is 2.19. The molecule has 0 spiro atoms. The third kappa shape index (κ3) is 5.64. The molecule has 15 heavy (non-hydrogen) atoms. The molecule has 0 saturated carbocycles. The minimum absolute atomic E-state index is 0.0534. The van der Waals surface area contributed by atoms with Gasteiger partial charge in [0.05, 0.1) is 13.2 Å². The summed E-state index contributed by atoms with van der Waals surface area (Å²) in [5.41, 5.74) is 0. The summed E-state index contributed by atoms with van der Waals surface area (Å²) in [5, 5.41) is 0. The molecule has 0 rings (SSSR count). The molecule has 0 aromatic rings. The second-order valence-corrected chi connectivity index (χ2v) is 7.65. The monoisotopic (exact) mass is 272 g/mol. The highest BCUT2D eigenvalue weighted by molar-refractivity contribution is 8.07. The van der Waals surface area contributed by atoms with Crippen LogP contribution in [0.25, 0.3) is 0 Å². The van der Waals surface area contributed by atoms with E-state index in [0.29, 0.717) is 13.2 Å². The van der Waals surface area contributed by atoms with Gasteiger partial charge in [-0.25, -0.2) is 0 Å². The third-order valence-electron chi connectivity index (χ3n) is 1.71. The number of thioether (sulfide) groups is 2. The molecular formula is C9H21O3PS2. The largest absolute Gasteiger partial charge is 0.344 e. The van der Waals surface area contributed by atoms with Crippen molar-refractivity contribution in [2.24, 2.45) is 0 Å². The van der Waals surface area contributed by atoms with E-state index < -0.39 is 7.60 Å². The Balaban J connectivity index is 4.46. The molecule has 0 radical (unpaired) electrons. The molecule has 0 bridgehead atoms. The predicted molar refractivity (Wildman–Crippen MR) is 71.2 cm³/mol. The van der Waals surface area contributed by atoms with Crippen LogP contribution in [0.4, 0.5) is 0 Å². The molecule has 1 atom stereocenters. The van der Waals surface area contributed by atoms with Gasteiger partial charge in [0, 0.05) is 5.75 Å². The standard InChI is InChI=1S/C9H21O3PS2/c1-5-11-13(10,12-6-2)9(14-4)8-15-7-3/h9H,5-8H2,1-4H3. The first-order valence-electron chi connectivity index (χ1n) is 5.13. The fourth-order valence-electron chi connectivity index (χ4n) is 1.07. The summed E-state index contributed by atoms with van der Waals surface area (Å²) in [4.78, 5) is -0.0534. The molecule has 0 aromatic carbocycles. The van der Waals surface area contributed by atoms with Crippen molar-refractivity contribution in [2.45, 2.75) is 25.8 Å². The Morgan fingerprint density at radius 3 is 2.07 bits per heavy atom. The number of hydrogen-bond donors (Lipinski definition) is 0. The smallest absolute Gasteiger partial charge is 0.308 e. The van der Waals surface area contributed by atoms with Gasteiger partial charge >= 0.3 is 7.60 Å². The maximum absolute atomic E-state index is 12.4. The second kappa shape index (κ2) is 8.94. The Morgan fingerprint density at radius 1 is 1.20 bits per heavy atom. The van der Waals surface area contributed by atoms with Crippen LogP contribution in [-0.2, 0) is 13.6 Å². The molecular weight excluding hydrogens is 251 g/mol. The van der Waals surface area contributed by atoms with Crippen LogP contribution in [-0.4, -0.2) is 36.0 Å². The van der Waals surface area contributed by atoms with Crippen LogP contribution in [0.2, 0.25) is 0 Å². The van der Waals surface area contributed by atoms with Gasteiger partial charge in [-0.1, -0.05) is 6.92 Å². The highest BCUT2D eigenvalue weighted by atomic mass is 32.2. The lowest BCUT2D eigenvalue weighted by atomic mass is 10.9. The SMILES string of the molecule is CCOP(=O)(OCC)C(CSCC)SC. The molecule has 0 N–H and O–H groups in total. The highest BCUT2D eigenvalue weighted by Gasteiger charge is 2.34. The normalized spacial score (nSPS) is 14.1. The Labute approximate surface area is 102 Å². The quantitative estimate of drug-likeness (QED) is 0.598. The molecule has 3 nitrogen and oxygen atoms in total. The van der Waals surface area contributed by atoms with Crippen molar-refractivity contribution >= 4 is 31.1 Å². The van der Waals surface area contributed by atoms with Gasteiger partial charge in [0.25, 0.3) is 0 Å². The number of rotatable bonds is 9. The molecule has 0 aliphatic rings. The summed E-state index contributed by atoms with van der Waals surface area (Å²) in [6.45, 7) is 6.65. The summed E-state index contributed by atoms with van der Waals surface area (Å²) in [7, 11) is -2.92. The van der Waals surface area contributed by atoms with E-state index in [0.717, 1.165) is 11.5 Å². The zero-order valence-corrected chi connectivity index (χ0v) is 12.4. The van der Waals surface area contributed by atoms with Crippen LogP contribution < -0.4 is 0 Å². The van der Waals surface area contributed by atoms with E-state index in [1.807, 2.05) is 20.1 Å². The summed E-state index contributed by atoms with van der Waals surface area (Å²) in [5.74, 6) is 1.84. The van der Waals surface area contributed by atoms with Crippen molar-refractivity contribution in [2.75, 3.05) is 31.0 Å². The van der Waals surface area contributed by atoms with Gasteiger partial charge < -0.3 is 9.05 Å². The number of hydrogen-bond acceptors (Lipinski definition) is 5. The molecule has 0 aliphatic carbocycles. The topological polar surface area (TPSA) is 35.5 Å². The van der Waals surface area contributed by atoms with E-state index in [-0.39, 0.29) is 4.99 Å². The fourth-order valence-corrected chi connectivity index (χ4v) is 5.91. The van der Waals surface area contributed by atoms with Gasteiger partial charge in [0.15, 0.2) is 0 Å². The first kappa shape index (κ1) is 15.9. The summed E-state index contributed by atoms with van der Waals surface area (Å²) < 4.78 is 23.0. The Hall–Kier alpha value is 0.850. The van der Waals surface area contributed by atoms with Crippen LogP contribution in [0.1, 0.15) is 20.8 Å². The lowest BCUT2D eigenvalue weighted by Crippen LogP contribution is -2.12. The van der Waals surface area contributed by atoms with Crippen molar-refractivity contribution in [3.63, 3.8) is 0 Å². The molecule has 0 amide bonds. The molecule has 0 heterocycles. The summed E-state index contributed by atoms with van der Waals surface area (Å²) in [6, 6.07) is 0. The lowest BCUT2D eigenvalue weighted by molar-refractivity contribution is 0.219. The van der Waals surface area contributed by atoms with Gasteiger partial charge in [0.1, 0.15) is 4.99 Å². The van der Waals surface area contributed by atoms with Crippen LogP contribution >= 0.6 is 31.1 Å². The van der Waals surface area contributed by atoms with Gasteiger partial charge in [-0.3, -0.25) is 4.57 Å². The Morgan fingerprint density at radius 2 is 1.73 bits per heavy atom. The second-order valence-electron chi connectivity index (χ2n) is 2.73. The first-order chi connectivity index (χ1) is 7.14. The van der Waals surface area contributed by atoms with Crippen molar-refractivity contribution in [3.05, 3.63) is 0 Å². The van der Waals surface area contributed by atoms with Crippen molar-refractivity contribution < 1.29 is 13.6 Å². The third-order valence-corrected chi connectivity index (χ3v) is 7.38. The zero-order chi connectivity index (χ0) is 11.7. The average molecular weight is 272 g/mol. The van der Waals surface area contributed by atoms with Gasteiger partial charge in [-0.15, -0.1) is 11.8 Å². The minimum Gasteiger partial charge on any atom is -0.308 e. The van der Waals surface area contributed by atoms with Crippen LogP contribution in [0.15, 0.2) is 0 Å². The van der Waals surface area contributed by atoms with E-state index in [2.05, 4.69) is 6.92 Å². The molecule has 0 saturated heterocycles. The van der Waals surface area contributed by atoms with Crippen LogP contribution in [0.5, 0.6) is 0 Å². The minimum atomic E-state index is -2.92. The van der Waals surface area contributed by atoms with E-state index in [1.165, 1.54) is 0 Å². The van der Waals surface area contributed by atoms with Crippen molar-refractivity contribution in [1.82, 2.24) is 0 Å². The zero-order valence-electron chi connectivity index (χ0n) is 9.89. The van der Waals surface area contributed by atoms with Gasteiger partial charge in [-0.05, 0) is 25.9 Å². The summed E-state index contributed by atoms with van der Waals surface area (Å²) >= 11 is 3.33. The highest BCUT2D eigenvalue weighted by Crippen LogP contribution is 2.57. The van der Waals surface area contributed by atoms with Gasteiger partial charge in [-0.2, -0.15) is 11.8 Å². The molecule has 6 heteroatoms.